The minimum atomic E-state index is -1.03. The van der Waals surface area contributed by atoms with Gasteiger partial charge in [0.2, 0.25) is 0 Å². The summed E-state index contributed by atoms with van der Waals surface area (Å²) in [6.07, 6.45) is 3.66. The average molecular weight is 318 g/mol. The summed E-state index contributed by atoms with van der Waals surface area (Å²) in [5.74, 6) is -0.971. The van der Waals surface area contributed by atoms with E-state index in [1.165, 1.54) is 6.07 Å². The fraction of sp³-hybridized carbons (Fsp3) is 0.467. The van der Waals surface area contributed by atoms with Crippen LogP contribution in [-0.4, -0.2) is 46.1 Å². The molecule has 2 atom stereocenters. The number of imide groups is 1. The number of anilines is 1. The van der Waals surface area contributed by atoms with Gasteiger partial charge in [-0.3, -0.25) is 10.1 Å². The van der Waals surface area contributed by atoms with Crippen LogP contribution in [0.25, 0.3) is 0 Å². The molecular weight excluding hydrogens is 300 g/mol. The summed E-state index contributed by atoms with van der Waals surface area (Å²) in [6, 6.07) is 2.55. The Morgan fingerprint density at radius 1 is 1.52 bits per heavy atom. The summed E-state index contributed by atoms with van der Waals surface area (Å²) < 4.78 is 0. The Morgan fingerprint density at radius 3 is 2.96 bits per heavy atom. The first-order chi connectivity index (χ1) is 10.9. The second-order valence-electron chi connectivity index (χ2n) is 6.11. The van der Waals surface area contributed by atoms with E-state index >= 15 is 0 Å². The van der Waals surface area contributed by atoms with Crippen LogP contribution < -0.4 is 15.5 Å². The summed E-state index contributed by atoms with van der Waals surface area (Å²) in [4.78, 5) is 40.9. The molecule has 2 fully saturated rings. The highest BCUT2D eigenvalue weighted by Crippen LogP contribution is 2.32. The van der Waals surface area contributed by atoms with E-state index in [1.54, 1.807) is 19.2 Å². The molecule has 122 valence electrons. The second kappa shape index (κ2) is 5.53. The number of rotatable bonds is 4. The van der Waals surface area contributed by atoms with E-state index in [4.69, 9.17) is 0 Å². The van der Waals surface area contributed by atoms with Crippen LogP contribution >= 0.6 is 0 Å². The highest BCUT2D eigenvalue weighted by molar-refractivity contribution is 6.06. The van der Waals surface area contributed by atoms with Gasteiger partial charge < -0.3 is 15.3 Å². The lowest BCUT2D eigenvalue weighted by atomic mass is 9.92. The van der Waals surface area contributed by atoms with Crippen molar-refractivity contribution in [2.24, 2.45) is 0 Å². The number of nitrogens with zero attached hydrogens (tertiary/aromatic N) is 2. The first-order valence-electron chi connectivity index (χ1n) is 7.49. The molecule has 8 nitrogen and oxygen atoms in total. The Kier molecular flexibility index (Phi) is 3.67. The molecule has 1 aromatic heterocycles. The number of nitrogens with one attached hydrogen (secondary N) is 2. The van der Waals surface area contributed by atoms with Gasteiger partial charge in [0.15, 0.2) is 0 Å². The van der Waals surface area contributed by atoms with Crippen LogP contribution in [-0.2, 0) is 4.79 Å². The molecule has 0 spiro atoms. The van der Waals surface area contributed by atoms with Crippen LogP contribution in [0, 0.1) is 0 Å². The third-order valence-corrected chi connectivity index (χ3v) is 4.43. The van der Waals surface area contributed by atoms with Crippen molar-refractivity contribution in [1.82, 2.24) is 15.6 Å². The molecule has 0 bridgehead atoms. The van der Waals surface area contributed by atoms with Gasteiger partial charge in [0.05, 0.1) is 0 Å². The van der Waals surface area contributed by atoms with Gasteiger partial charge in [-0.25, -0.2) is 14.6 Å². The average Bonchev–Trinajstić information content (AvgIpc) is 3.03. The fourth-order valence-electron chi connectivity index (χ4n) is 3.31. The maximum absolute atomic E-state index is 12.0. The summed E-state index contributed by atoms with van der Waals surface area (Å²) in [5.41, 5.74) is -0.841. The molecule has 3 N–H and O–H groups in total. The number of aromatic nitrogens is 1. The number of hydrogen-bond acceptors (Lipinski definition) is 5. The van der Waals surface area contributed by atoms with E-state index in [0.717, 1.165) is 12.8 Å². The maximum atomic E-state index is 12.0. The van der Waals surface area contributed by atoms with Gasteiger partial charge in [-0.15, -0.1) is 0 Å². The van der Waals surface area contributed by atoms with Crippen LogP contribution in [0.2, 0.25) is 0 Å². The van der Waals surface area contributed by atoms with E-state index in [0.29, 0.717) is 18.8 Å². The van der Waals surface area contributed by atoms with Gasteiger partial charge in [0.1, 0.15) is 16.9 Å². The molecule has 2 aliphatic rings. The SMILES string of the molecule is CC1(CC2CCCN2c2ncccc2C(=O)O)NC(=O)NC1=O. The standard InChI is InChI=1S/C15H18N4O4/c1-15(13(22)17-14(23)18-15)8-9-4-3-7-19(9)11-10(12(20)21)5-2-6-16-11/h2,5-6,9H,3-4,7-8H2,1H3,(H,20,21)(H2,17,18,22,23). The zero-order valence-electron chi connectivity index (χ0n) is 12.7. The van der Waals surface area contributed by atoms with Gasteiger partial charge in [0.25, 0.3) is 5.91 Å². The van der Waals surface area contributed by atoms with E-state index < -0.39 is 17.5 Å². The normalized spacial score (nSPS) is 27.0. The van der Waals surface area contributed by atoms with Crippen molar-refractivity contribution in [1.29, 1.82) is 0 Å². The number of hydrogen-bond donors (Lipinski definition) is 3. The van der Waals surface area contributed by atoms with E-state index in [1.807, 2.05) is 4.90 Å². The summed E-state index contributed by atoms with van der Waals surface area (Å²) in [6.45, 7) is 2.36. The van der Waals surface area contributed by atoms with Crippen LogP contribution in [0.4, 0.5) is 10.6 Å². The van der Waals surface area contributed by atoms with Crippen molar-refractivity contribution < 1.29 is 19.5 Å². The third kappa shape index (κ3) is 2.71. The quantitative estimate of drug-likeness (QED) is 0.706. The highest BCUT2D eigenvalue weighted by Gasteiger charge is 2.45. The predicted molar refractivity (Wildman–Crippen MR) is 81.3 cm³/mol. The van der Waals surface area contributed by atoms with Crippen LogP contribution in [0.5, 0.6) is 0 Å². The number of aromatic carboxylic acids is 1. The lowest BCUT2D eigenvalue weighted by Crippen LogP contribution is -2.49. The minimum absolute atomic E-state index is 0.0582. The van der Waals surface area contributed by atoms with Crippen molar-refractivity contribution in [3.63, 3.8) is 0 Å². The molecule has 2 saturated heterocycles. The first-order valence-corrected chi connectivity index (χ1v) is 7.49. The third-order valence-electron chi connectivity index (χ3n) is 4.43. The lowest BCUT2D eigenvalue weighted by molar-refractivity contribution is -0.123. The Morgan fingerprint density at radius 2 is 2.30 bits per heavy atom. The zero-order chi connectivity index (χ0) is 16.6. The van der Waals surface area contributed by atoms with Crippen molar-refractivity contribution in [3.05, 3.63) is 23.9 Å². The summed E-state index contributed by atoms with van der Waals surface area (Å²) in [7, 11) is 0. The van der Waals surface area contributed by atoms with Crippen LogP contribution in [0.1, 0.15) is 36.5 Å². The number of urea groups is 1. The molecule has 2 unspecified atom stereocenters. The smallest absolute Gasteiger partial charge is 0.339 e. The van der Waals surface area contributed by atoms with Gasteiger partial charge in [-0.2, -0.15) is 0 Å². The Balaban J connectivity index is 1.86. The number of carboxylic acids is 1. The Hall–Kier alpha value is -2.64. The monoisotopic (exact) mass is 318 g/mol. The van der Waals surface area contributed by atoms with E-state index in [-0.39, 0.29) is 17.5 Å². The molecule has 0 aromatic carbocycles. The molecular formula is C15H18N4O4. The minimum Gasteiger partial charge on any atom is -0.478 e. The first kappa shape index (κ1) is 15.3. The van der Waals surface area contributed by atoms with Crippen LogP contribution in [0.3, 0.4) is 0 Å². The number of carbonyl (C=O) groups excluding carboxylic acids is 2. The lowest BCUT2D eigenvalue weighted by Gasteiger charge is -2.32. The molecule has 2 aliphatic heterocycles. The van der Waals surface area contributed by atoms with Crippen molar-refractivity contribution in [2.75, 3.05) is 11.4 Å². The zero-order valence-corrected chi connectivity index (χ0v) is 12.7. The van der Waals surface area contributed by atoms with Gasteiger partial charge >= 0.3 is 12.0 Å². The molecule has 3 amide bonds. The van der Waals surface area contributed by atoms with Gasteiger partial charge in [-0.05, 0) is 38.3 Å². The predicted octanol–water partition coefficient (Wildman–Crippen LogP) is 0.737. The number of pyridine rings is 1. The highest BCUT2D eigenvalue weighted by atomic mass is 16.4. The number of carboxylic acid groups (broad SMARTS) is 1. The summed E-state index contributed by atoms with van der Waals surface area (Å²) in [5, 5.41) is 14.2. The van der Waals surface area contributed by atoms with Crippen LogP contribution in [0.15, 0.2) is 18.3 Å². The molecule has 8 heteroatoms. The Bertz CT molecular complexity index is 677. The molecule has 1 aromatic rings. The molecule has 3 rings (SSSR count). The van der Waals surface area contributed by atoms with Crippen molar-refractivity contribution in [2.45, 2.75) is 37.8 Å². The van der Waals surface area contributed by atoms with E-state index in [9.17, 15) is 19.5 Å². The largest absolute Gasteiger partial charge is 0.478 e. The maximum Gasteiger partial charge on any atom is 0.339 e. The van der Waals surface area contributed by atoms with Gasteiger partial charge in [-0.1, -0.05) is 0 Å². The number of carbonyl (C=O) groups is 3. The fourth-order valence-corrected chi connectivity index (χ4v) is 3.31. The molecule has 0 saturated carbocycles. The van der Waals surface area contributed by atoms with Crippen molar-refractivity contribution in [3.8, 4) is 0 Å². The van der Waals surface area contributed by atoms with E-state index in [2.05, 4.69) is 15.6 Å². The number of amides is 3. The molecule has 23 heavy (non-hydrogen) atoms. The second-order valence-corrected chi connectivity index (χ2v) is 6.11. The topological polar surface area (TPSA) is 112 Å². The molecule has 3 heterocycles. The van der Waals surface area contributed by atoms with Gasteiger partial charge in [0, 0.05) is 18.8 Å². The molecule has 0 radical (unpaired) electrons. The molecule has 0 aliphatic carbocycles. The van der Waals surface area contributed by atoms with Crippen molar-refractivity contribution >= 4 is 23.7 Å². The summed E-state index contributed by atoms with van der Waals surface area (Å²) >= 11 is 0. The Labute approximate surface area is 132 Å².